The van der Waals surface area contributed by atoms with Crippen molar-refractivity contribution in [2.75, 3.05) is 32.9 Å². The summed E-state index contributed by atoms with van der Waals surface area (Å²) < 4.78 is 16.0. The van der Waals surface area contributed by atoms with E-state index in [0.717, 1.165) is 76.5 Å². The van der Waals surface area contributed by atoms with Gasteiger partial charge in [0.25, 0.3) is 0 Å². The van der Waals surface area contributed by atoms with E-state index < -0.39 is 0 Å². The second kappa shape index (κ2) is 13.1. The minimum atomic E-state index is -0.0485. The van der Waals surface area contributed by atoms with Crippen LogP contribution >= 0.6 is 24.0 Å². The van der Waals surface area contributed by atoms with E-state index in [1.807, 2.05) is 19.1 Å². The van der Waals surface area contributed by atoms with Gasteiger partial charge < -0.3 is 24.5 Å². The molecule has 1 unspecified atom stereocenters. The lowest BCUT2D eigenvalue weighted by molar-refractivity contribution is -0.149. The Bertz CT molecular complexity index is 609. The van der Waals surface area contributed by atoms with Gasteiger partial charge in [0.05, 0.1) is 25.4 Å². The van der Waals surface area contributed by atoms with E-state index in [9.17, 15) is 4.79 Å². The van der Waals surface area contributed by atoms with Crippen molar-refractivity contribution < 1.29 is 18.7 Å². The molecule has 2 N–H and O–H groups in total. The number of nitrogens with zero attached hydrogens (tertiary/aromatic N) is 1. The van der Waals surface area contributed by atoms with Crippen molar-refractivity contribution in [2.24, 2.45) is 16.8 Å². The van der Waals surface area contributed by atoms with E-state index in [1.54, 1.807) is 6.26 Å². The Hall–Kier alpha value is -1.29. The first-order valence-corrected chi connectivity index (χ1v) is 10.6. The molecule has 0 aromatic carbocycles. The number of halogens is 1. The summed E-state index contributed by atoms with van der Waals surface area (Å²) in [5.41, 5.74) is 0. The number of hydrogen-bond acceptors (Lipinski definition) is 5. The lowest BCUT2D eigenvalue weighted by Gasteiger charge is -2.29. The molecule has 0 bridgehead atoms. The summed E-state index contributed by atoms with van der Waals surface area (Å²) >= 11 is 0. The third-order valence-electron chi connectivity index (χ3n) is 5.46. The molecule has 2 aliphatic rings. The average molecular weight is 519 g/mol. The average Bonchev–Trinajstić information content (AvgIpc) is 3.41. The second-order valence-corrected chi connectivity index (χ2v) is 7.62. The van der Waals surface area contributed by atoms with Gasteiger partial charge in [-0.25, -0.2) is 0 Å². The monoisotopic (exact) mass is 519 g/mol. The number of guanidine groups is 1. The minimum Gasteiger partial charge on any atom is -0.469 e. The maximum absolute atomic E-state index is 11.9. The highest BCUT2D eigenvalue weighted by atomic mass is 127. The number of nitrogens with one attached hydrogen (secondary N) is 2. The van der Waals surface area contributed by atoms with Gasteiger partial charge in [0, 0.05) is 38.1 Å². The Labute approximate surface area is 190 Å². The predicted molar refractivity (Wildman–Crippen MR) is 123 cm³/mol. The Balaban J connectivity index is 0.00000300. The first-order chi connectivity index (χ1) is 13.7. The van der Waals surface area contributed by atoms with Gasteiger partial charge in [0.1, 0.15) is 5.76 Å². The van der Waals surface area contributed by atoms with Gasteiger partial charge in [-0.15, -0.1) is 24.0 Å². The van der Waals surface area contributed by atoms with Crippen molar-refractivity contribution in [1.82, 2.24) is 10.6 Å². The van der Waals surface area contributed by atoms with E-state index in [2.05, 4.69) is 10.6 Å². The molecule has 2 fully saturated rings. The van der Waals surface area contributed by atoms with Gasteiger partial charge >= 0.3 is 5.97 Å². The molecule has 3 rings (SSSR count). The summed E-state index contributed by atoms with van der Waals surface area (Å²) in [6.07, 6.45) is 7.23. The van der Waals surface area contributed by atoms with Crippen LogP contribution in [0.5, 0.6) is 0 Å². The zero-order valence-corrected chi connectivity index (χ0v) is 19.6. The maximum atomic E-state index is 11.9. The fourth-order valence-corrected chi connectivity index (χ4v) is 3.79. The summed E-state index contributed by atoms with van der Waals surface area (Å²) in [6.45, 7) is 5.49. The number of furan rings is 1. The van der Waals surface area contributed by atoms with Gasteiger partial charge in [0.15, 0.2) is 5.96 Å². The smallest absolute Gasteiger partial charge is 0.308 e. The van der Waals surface area contributed by atoms with Crippen LogP contribution in [0.15, 0.2) is 27.8 Å². The van der Waals surface area contributed by atoms with Gasteiger partial charge in [-0.3, -0.25) is 9.79 Å². The molecule has 1 saturated carbocycles. The summed E-state index contributed by atoms with van der Waals surface area (Å²) in [4.78, 5) is 16.7. The molecule has 1 aromatic rings. The Morgan fingerprint density at radius 2 is 2.10 bits per heavy atom. The largest absolute Gasteiger partial charge is 0.469 e. The van der Waals surface area contributed by atoms with Crippen LogP contribution in [0.4, 0.5) is 0 Å². The molecule has 29 heavy (non-hydrogen) atoms. The van der Waals surface area contributed by atoms with Crippen LogP contribution < -0.4 is 10.6 Å². The number of hydrogen-bond donors (Lipinski definition) is 2. The van der Waals surface area contributed by atoms with Gasteiger partial charge in [-0.2, -0.15) is 0 Å². The number of esters is 1. The molecule has 1 aliphatic carbocycles. The molecular weight excluding hydrogens is 485 g/mol. The van der Waals surface area contributed by atoms with Crippen molar-refractivity contribution in [3.05, 3.63) is 24.2 Å². The quantitative estimate of drug-likeness (QED) is 0.238. The Morgan fingerprint density at radius 1 is 1.28 bits per heavy atom. The summed E-state index contributed by atoms with van der Waals surface area (Å²) in [5.74, 6) is 2.31. The lowest BCUT2D eigenvalue weighted by atomic mass is 9.86. The number of rotatable bonds is 8. The molecule has 8 heteroatoms. The highest BCUT2D eigenvalue weighted by Gasteiger charge is 2.27. The van der Waals surface area contributed by atoms with Crippen molar-refractivity contribution in [3.63, 3.8) is 0 Å². The van der Waals surface area contributed by atoms with Crippen LogP contribution in [-0.4, -0.2) is 50.9 Å². The van der Waals surface area contributed by atoms with E-state index >= 15 is 0 Å². The van der Waals surface area contributed by atoms with E-state index in [1.165, 1.54) is 0 Å². The van der Waals surface area contributed by atoms with Crippen molar-refractivity contribution >= 4 is 35.9 Å². The minimum absolute atomic E-state index is 0. The molecule has 0 amide bonds. The standard InChI is InChI=1S/C21H33N3O4.HI/c1-2-27-20(25)17-5-7-18(8-6-17)24-21(23-14-16-10-13-26-15-16)22-11-9-19-4-3-12-28-19;/h3-4,12,16-18H,2,5-11,13-15H2,1H3,(H2,22,23,24);1H. The van der Waals surface area contributed by atoms with E-state index in [0.29, 0.717) is 18.6 Å². The van der Waals surface area contributed by atoms with Crippen LogP contribution in [0.3, 0.4) is 0 Å². The van der Waals surface area contributed by atoms with Crippen LogP contribution in [0.25, 0.3) is 0 Å². The van der Waals surface area contributed by atoms with Crippen molar-refractivity contribution in [2.45, 2.75) is 51.5 Å². The number of carbonyl (C=O) groups is 1. The Kier molecular flexibility index (Phi) is 10.8. The molecule has 1 aromatic heterocycles. The third-order valence-corrected chi connectivity index (χ3v) is 5.46. The molecule has 1 saturated heterocycles. The van der Waals surface area contributed by atoms with Crippen LogP contribution in [0, 0.1) is 11.8 Å². The van der Waals surface area contributed by atoms with Gasteiger partial charge in [-0.05, 0) is 51.2 Å². The highest BCUT2D eigenvalue weighted by molar-refractivity contribution is 14.0. The molecular formula is C21H34IN3O4. The second-order valence-electron chi connectivity index (χ2n) is 7.62. The highest BCUT2D eigenvalue weighted by Crippen LogP contribution is 2.25. The zero-order valence-electron chi connectivity index (χ0n) is 17.2. The third kappa shape index (κ3) is 8.16. The first kappa shape index (κ1) is 24.0. The molecule has 7 nitrogen and oxygen atoms in total. The lowest BCUT2D eigenvalue weighted by Crippen LogP contribution is -2.46. The van der Waals surface area contributed by atoms with Gasteiger partial charge in [0.2, 0.25) is 0 Å². The zero-order chi connectivity index (χ0) is 19.6. The molecule has 1 aliphatic heterocycles. The molecule has 1 atom stereocenters. The summed E-state index contributed by atoms with van der Waals surface area (Å²) in [6, 6.07) is 4.23. The molecule has 0 radical (unpaired) electrons. The van der Waals surface area contributed by atoms with E-state index in [4.69, 9.17) is 18.9 Å². The fourth-order valence-electron chi connectivity index (χ4n) is 3.79. The molecule has 2 heterocycles. The number of carbonyl (C=O) groups excluding carboxylic acids is 1. The topological polar surface area (TPSA) is 85.1 Å². The normalized spacial score (nSPS) is 24.6. The predicted octanol–water partition coefficient (Wildman–Crippen LogP) is 3.13. The summed E-state index contributed by atoms with van der Waals surface area (Å²) in [5, 5.41) is 7.00. The fraction of sp³-hybridized carbons (Fsp3) is 0.714. The number of ether oxygens (including phenoxy) is 2. The van der Waals surface area contributed by atoms with Crippen molar-refractivity contribution in [3.8, 4) is 0 Å². The first-order valence-electron chi connectivity index (χ1n) is 10.6. The molecule has 164 valence electrons. The van der Waals surface area contributed by atoms with Crippen LogP contribution in [0.2, 0.25) is 0 Å². The maximum Gasteiger partial charge on any atom is 0.308 e. The van der Waals surface area contributed by atoms with Crippen LogP contribution in [-0.2, 0) is 20.7 Å². The van der Waals surface area contributed by atoms with Gasteiger partial charge in [-0.1, -0.05) is 0 Å². The Morgan fingerprint density at radius 3 is 2.76 bits per heavy atom. The number of aliphatic imine (C=N–C) groups is 1. The van der Waals surface area contributed by atoms with E-state index in [-0.39, 0.29) is 35.9 Å². The SMILES string of the molecule is CCOC(=O)C1CCC(NC(=NCC2CCOC2)NCCc2ccco2)CC1.I. The van der Waals surface area contributed by atoms with Crippen molar-refractivity contribution in [1.29, 1.82) is 0 Å². The molecule has 0 spiro atoms. The summed E-state index contributed by atoms with van der Waals surface area (Å²) in [7, 11) is 0. The van der Waals surface area contributed by atoms with Crippen LogP contribution in [0.1, 0.15) is 44.8 Å².